The first kappa shape index (κ1) is 8.29. The van der Waals surface area contributed by atoms with Crippen LogP contribution >= 0.6 is 11.8 Å². The zero-order valence-corrected chi connectivity index (χ0v) is 8.57. The second-order valence-corrected chi connectivity index (χ2v) is 4.67. The van der Waals surface area contributed by atoms with Crippen molar-refractivity contribution in [1.82, 2.24) is 14.5 Å². The third-order valence-corrected chi connectivity index (χ3v) is 3.78. The van der Waals surface area contributed by atoms with E-state index >= 15 is 0 Å². The summed E-state index contributed by atoms with van der Waals surface area (Å²) in [6, 6.07) is 4.55. The molecule has 2 aromatic rings. The Labute approximate surface area is 86.5 Å². The Morgan fingerprint density at radius 1 is 1.43 bits per heavy atom. The molecule has 1 aliphatic rings. The molecule has 0 spiro atoms. The van der Waals surface area contributed by atoms with E-state index in [0.717, 1.165) is 11.2 Å². The molecule has 0 aliphatic carbocycles. The molecule has 1 atom stereocenters. The minimum atomic E-state index is 0.597. The molecule has 1 aliphatic heterocycles. The normalized spacial score (nSPS) is 21.9. The maximum absolute atomic E-state index is 4.38. The van der Waals surface area contributed by atoms with Crippen LogP contribution in [-0.2, 0) is 0 Å². The molecule has 1 unspecified atom stereocenters. The Balaban J connectivity index is 2.11. The molecular formula is C10H11N3S. The molecule has 3 heterocycles. The van der Waals surface area contributed by atoms with Crippen LogP contribution in [0.1, 0.15) is 12.5 Å². The van der Waals surface area contributed by atoms with Gasteiger partial charge in [-0.05, 0) is 24.3 Å². The van der Waals surface area contributed by atoms with Crippen LogP contribution in [-0.4, -0.2) is 26.0 Å². The van der Waals surface area contributed by atoms with Gasteiger partial charge in [-0.3, -0.25) is 0 Å². The highest BCUT2D eigenvalue weighted by Crippen LogP contribution is 2.29. The zero-order chi connectivity index (χ0) is 9.38. The molecule has 3 rings (SSSR count). The van der Waals surface area contributed by atoms with E-state index < -0.39 is 0 Å². The molecule has 0 amide bonds. The lowest BCUT2D eigenvalue weighted by molar-refractivity contribution is 0.571. The lowest BCUT2D eigenvalue weighted by Crippen LogP contribution is -2.06. The van der Waals surface area contributed by atoms with Gasteiger partial charge in [0.25, 0.3) is 0 Å². The average molecular weight is 205 g/mol. The Morgan fingerprint density at radius 2 is 2.43 bits per heavy atom. The number of thioether (sulfide) groups is 1. The summed E-state index contributed by atoms with van der Waals surface area (Å²) < 4.78 is 2.22. The van der Waals surface area contributed by atoms with Crippen molar-refractivity contribution in [3.63, 3.8) is 0 Å². The molecule has 14 heavy (non-hydrogen) atoms. The van der Waals surface area contributed by atoms with Gasteiger partial charge in [0.2, 0.25) is 0 Å². The van der Waals surface area contributed by atoms with Crippen LogP contribution in [0.5, 0.6) is 0 Å². The topological polar surface area (TPSA) is 30.7 Å². The number of hydrogen-bond acceptors (Lipinski definition) is 3. The Kier molecular flexibility index (Phi) is 1.94. The lowest BCUT2D eigenvalue weighted by atomic mass is 10.2. The second-order valence-electron chi connectivity index (χ2n) is 3.52. The average Bonchev–Trinajstić information content (AvgIpc) is 2.85. The lowest BCUT2D eigenvalue weighted by Gasteiger charge is -2.09. The van der Waals surface area contributed by atoms with E-state index in [4.69, 9.17) is 0 Å². The molecule has 4 heteroatoms. The highest BCUT2D eigenvalue weighted by Gasteiger charge is 2.19. The van der Waals surface area contributed by atoms with Crippen LogP contribution in [0.4, 0.5) is 0 Å². The van der Waals surface area contributed by atoms with Crippen molar-refractivity contribution >= 4 is 22.9 Å². The van der Waals surface area contributed by atoms with Crippen molar-refractivity contribution in [2.75, 3.05) is 11.5 Å². The van der Waals surface area contributed by atoms with Crippen LogP contribution in [0.25, 0.3) is 11.2 Å². The van der Waals surface area contributed by atoms with Gasteiger partial charge in [-0.25, -0.2) is 9.97 Å². The summed E-state index contributed by atoms with van der Waals surface area (Å²) in [5, 5.41) is 0. The number of rotatable bonds is 1. The number of nitrogens with zero attached hydrogens (tertiary/aromatic N) is 3. The summed E-state index contributed by atoms with van der Waals surface area (Å²) in [7, 11) is 0. The third-order valence-electron chi connectivity index (χ3n) is 2.63. The summed E-state index contributed by atoms with van der Waals surface area (Å²) >= 11 is 2.01. The highest BCUT2D eigenvalue weighted by atomic mass is 32.2. The molecule has 0 bridgehead atoms. The van der Waals surface area contributed by atoms with Crippen molar-refractivity contribution in [2.45, 2.75) is 12.5 Å². The fourth-order valence-electron chi connectivity index (χ4n) is 1.88. The molecule has 2 aromatic heterocycles. The molecular weight excluding hydrogens is 194 g/mol. The van der Waals surface area contributed by atoms with Crippen LogP contribution in [0.2, 0.25) is 0 Å². The minimum absolute atomic E-state index is 0.597. The van der Waals surface area contributed by atoms with E-state index in [1.807, 2.05) is 36.4 Å². The van der Waals surface area contributed by atoms with Gasteiger partial charge in [0.05, 0.1) is 6.33 Å². The van der Waals surface area contributed by atoms with Crippen LogP contribution in [0, 0.1) is 0 Å². The molecule has 0 aromatic carbocycles. The number of imidazole rings is 1. The SMILES string of the molecule is c1cnc2c(c1)ncn2C1CCSC1. The van der Waals surface area contributed by atoms with Crippen LogP contribution in [0.15, 0.2) is 24.7 Å². The van der Waals surface area contributed by atoms with E-state index in [9.17, 15) is 0 Å². The van der Waals surface area contributed by atoms with Gasteiger partial charge in [-0.15, -0.1) is 0 Å². The smallest absolute Gasteiger partial charge is 0.160 e. The fraction of sp³-hybridized carbons (Fsp3) is 0.400. The largest absolute Gasteiger partial charge is 0.311 e. The van der Waals surface area contributed by atoms with Gasteiger partial charge in [-0.2, -0.15) is 11.8 Å². The zero-order valence-electron chi connectivity index (χ0n) is 7.76. The van der Waals surface area contributed by atoms with Gasteiger partial charge < -0.3 is 4.57 Å². The molecule has 0 saturated carbocycles. The summed E-state index contributed by atoms with van der Waals surface area (Å²) in [4.78, 5) is 8.73. The maximum Gasteiger partial charge on any atom is 0.160 e. The molecule has 0 N–H and O–H groups in total. The first-order valence-corrected chi connectivity index (χ1v) is 5.96. The van der Waals surface area contributed by atoms with Crippen LogP contribution < -0.4 is 0 Å². The molecule has 72 valence electrons. The Morgan fingerprint density at radius 3 is 3.29 bits per heavy atom. The second kappa shape index (κ2) is 3.28. The van der Waals surface area contributed by atoms with Crippen molar-refractivity contribution in [3.8, 4) is 0 Å². The van der Waals surface area contributed by atoms with Gasteiger partial charge in [-0.1, -0.05) is 0 Å². The maximum atomic E-state index is 4.38. The predicted molar refractivity (Wildman–Crippen MR) is 58.5 cm³/mol. The standard InChI is InChI=1S/C10H11N3S/c1-2-9-10(11-4-1)13(7-12-9)8-3-5-14-6-8/h1-2,4,7-8H,3,5-6H2. The van der Waals surface area contributed by atoms with Crippen molar-refractivity contribution in [1.29, 1.82) is 0 Å². The molecule has 1 fully saturated rings. The summed E-state index contributed by atoms with van der Waals surface area (Å²) in [5.41, 5.74) is 2.03. The van der Waals surface area contributed by atoms with Gasteiger partial charge in [0.1, 0.15) is 5.52 Å². The Bertz CT molecular complexity index is 445. The minimum Gasteiger partial charge on any atom is -0.311 e. The van der Waals surface area contributed by atoms with E-state index in [0.29, 0.717) is 6.04 Å². The molecule has 0 radical (unpaired) electrons. The molecule has 1 saturated heterocycles. The van der Waals surface area contributed by atoms with E-state index in [-0.39, 0.29) is 0 Å². The van der Waals surface area contributed by atoms with E-state index in [2.05, 4.69) is 14.5 Å². The van der Waals surface area contributed by atoms with Crippen molar-refractivity contribution in [3.05, 3.63) is 24.7 Å². The first-order chi connectivity index (χ1) is 6.95. The van der Waals surface area contributed by atoms with Crippen molar-refractivity contribution in [2.24, 2.45) is 0 Å². The third kappa shape index (κ3) is 1.21. The predicted octanol–water partition coefficient (Wildman–Crippen LogP) is 2.11. The summed E-state index contributed by atoms with van der Waals surface area (Å²) in [5.74, 6) is 2.46. The Hall–Kier alpha value is -1.03. The van der Waals surface area contributed by atoms with Crippen molar-refractivity contribution < 1.29 is 0 Å². The highest BCUT2D eigenvalue weighted by molar-refractivity contribution is 7.99. The van der Waals surface area contributed by atoms with Gasteiger partial charge in [0, 0.05) is 18.0 Å². The summed E-state index contributed by atoms with van der Waals surface area (Å²) in [6.07, 6.45) is 5.00. The van der Waals surface area contributed by atoms with Gasteiger partial charge in [0.15, 0.2) is 5.65 Å². The quantitative estimate of drug-likeness (QED) is 0.714. The number of hydrogen-bond donors (Lipinski definition) is 0. The monoisotopic (exact) mass is 205 g/mol. The van der Waals surface area contributed by atoms with Crippen LogP contribution in [0.3, 0.4) is 0 Å². The molecule has 3 nitrogen and oxygen atoms in total. The first-order valence-electron chi connectivity index (χ1n) is 4.80. The number of fused-ring (bicyclic) bond motifs is 1. The number of aromatic nitrogens is 3. The number of pyridine rings is 1. The van der Waals surface area contributed by atoms with Gasteiger partial charge >= 0.3 is 0 Å². The van der Waals surface area contributed by atoms with E-state index in [1.54, 1.807) is 0 Å². The summed E-state index contributed by atoms with van der Waals surface area (Å²) in [6.45, 7) is 0. The van der Waals surface area contributed by atoms with E-state index in [1.165, 1.54) is 17.9 Å². The fourth-order valence-corrected chi connectivity index (χ4v) is 3.08.